The van der Waals surface area contributed by atoms with Gasteiger partial charge >= 0.3 is 0 Å². The molecule has 0 N–H and O–H groups in total. The number of nitrogens with zero attached hydrogens (tertiary/aromatic N) is 5. The molecule has 0 saturated heterocycles. The number of carbonyl (C=O) groups is 1. The van der Waals surface area contributed by atoms with E-state index in [9.17, 15) is 4.79 Å². The van der Waals surface area contributed by atoms with Crippen LogP contribution >= 0.6 is 11.8 Å². The third kappa shape index (κ3) is 4.90. The van der Waals surface area contributed by atoms with Crippen LogP contribution in [0.3, 0.4) is 0 Å². The molecule has 2 aromatic carbocycles. The second-order valence-electron chi connectivity index (χ2n) is 8.45. The van der Waals surface area contributed by atoms with Crippen molar-refractivity contribution < 1.29 is 4.79 Å². The molecule has 0 aliphatic rings. The summed E-state index contributed by atoms with van der Waals surface area (Å²) in [7, 11) is 0. The van der Waals surface area contributed by atoms with Crippen molar-refractivity contribution in [1.29, 1.82) is 0 Å². The highest BCUT2D eigenvalue weighted by Crippen LogP contribution is 2.29. The molecule has 0 unspecified atom stereocenters. The number of amides is 1. The first kappa shape index (κ1) is 22.0. The van der Waals surface area contributed by atoms with Crippen molar-refractivity contribution in [3.05, 3.63) is 65.2 Å². The first-order valence-electron chi connectivity index (χ1n) is 10.1. The summed E-state index contributed by atoms with van der Waals surface area (Å²) in [5.74, 6) is 0.0624. The maximum Gasteiger partial charge on any atom is 0.236 e. The molecule has 0 aliphatic carbocycles. The van der Waals surface area contributed by atoms with E-state index in [0.29, 0.717) is 11.7 Å². The lowest BCUT2D eigenvalue weighted by Crippen LogP contribution is -2.48. The van der Waals surface area contributed by atoms with E-state index in [2.05, 4.69) is 36.3 Å². The van der Waals surface area contributed by atoms with E-state index in [1.807, 2.05) is 74.2 Å². The molecule has 1 aromatic heterocycles. The normalized spacial score (nSPS) is 12.6. The van der Waals surface area contributed by atoms with E-state index in [-0.39, 0.29) is 16.7 Å². The Morgan fingerprint density at radius 1 is 1.07 bits per heavy atom. The fraction of sp³-hybridized carbons (Fsp3) is 0.391. The van der Waals surface area contributed by atoms with Gasteiger partial charge in [0, 0.05) is 12.1 Å². The van der Waals surface area contributed by atoms with E-state index in [1.54, 1.807) is 4.68 Å². The van der Waals surface area contributed by atoms with Crippen LogP contribution in [0.2, 0.25) is 0 Å². The molecule has 0 saturated carbocycles. The highest BCUT2D eigenvalue weighted by molar-refractivity contribution is 8.00. The number of aromatic nitrogens is 4. The molecule has 0 spiro atoms. The summed E-state index contributed by atoms with van der Waals surface area (Å²) in [4.78, 5) is 15.4. The Kier molecular flexibility index (Phi) is 6.61. The minimum Gasteiger partial charge on any atom is -0.333 e. The second kappa shape index (κ2) is 9.00. The first-order valence-corrected chi connectivity index (χ1v) is 10.9. The van der Waals surface area contributed by atoms with Crippen molar-refractivity contribution in [3.63, 3.8) is 0 Å². The van der Waals surface area contributed by atoms with Gasteiger partial charge in [-0.15, -0.1) is 5.10 Å². The third-order valence-electron chi connectivity index (χ3n) is 4.98. The summed E-state index contributed by atoms with van der Waals surface area (Å²) in [5.41, 5.74) is 3.94. The van der Waals surface area contributed by atoms with Crippen molar-refractivity contribution in [2.24, 2.45) is 0 Å². The zero-order valence-corrected chi connectivity index (χ0v) is 19.3. The third-order valence-corrected chi connectivity index (χ3v) is 6.00. The smallest absolute Gasteiger partial charge is 0.236 e. The summed E-state index contributed by atoms with van der Waals surface area (Å²) >= 11 is 1.39. The van der Waals surface area contributed by atoms with Crippen molar-refractivity contribution in [2.75, 3.05) is 0 Å². The van der Waals surface area contributed by atoms with Gasteiger partial charge in [-0.25, -0.2) is 0 Å². The van der Waals surface area contributed by atoms with E-state index in [4.69, 9.17) is 0 Å². The van der Waals surface area contributed by atoms with Crippen molar-refractivity contribution in [2.45, 2.75) is 64.0 Å². The minimum atomic E-state index is -0.331. The van der Waals surface area contributed by atoms with Gasteiger partial charge in [-0.05, 0) is 68.7 Å². The SMILES string of the molecule is Cc1cccc(C)c1-n1nnnc1S[C@H](C)C(=O)N(Cc1ccccc1)C(C)(C)C. The number of benzene rings is 2. The fourth-order valence-corrected chi connectivity index (χ4v) is 4.23. The number of aryl methyl sites for hydroxylation is 2. The zero-order valence-electron chi connectivity index (χ0n) is 18.5. The molecule has 3 rings (SSSR count). The lowest BCUT2D eigenvalue weighted by atomic mass is 10.0. The van der Waals surface area contributed by atoms with Gasteiger partial charge in [0.05, 0.1) is 10.9 Å². The Balaban J connectivity index is 1.84. The molecular formula is C23H29N5OS. The molecule has 0 fully saturated rings. The van der Waals surface area contributed by atoms with Crippen LogP contribution in [0, 0.1) is 13.8 Å². The van der Waals surface area contributed by atoms with Crippen LogP contribution in [0.5, 0.6) is 0 Å². The fourth-order valence-electron chi connectivity index (χ4n) is 3.37. The van der Waals surface area contributed by atoms with Crippen LogP contribution in [0.1, 0.15) is 44.4 Å². The van der Waals surface area contributed by atoms with E-state index in [1.165, 1.54) is 11.8 Å². The number of thioether (sulfide) groups is 1. The van der Waals surface area contributed by atoms with Crippen LogP contribution in [0.4, 0.5) is 0 Å². The minimum absolute atomic E-state index is 0.0624. The molecular weight excluding hydrogens is 394 g/mol. The van der Waals surface area contributed by atoms with Gasteiger partial charge in [-0.1, -0.05) is 60.3 Å². The molecule has 0 bridgehead atoms. The molecule has 7 heteroatoms. The molecule has 3 aromatic rings. The predicted octanol–water partition coefficient (Wildman–Crippen LogP) is 4.59. The van der Waals surface area contributed by atoms with Gasteiger partial charge in [0.1, 0.15) is 0 Å². The van der Waals surface area contributed by atoms with E-state index < -0.39 is 0 Å². The Hall–Kier alpha value is -2.67. The number of para-hydroxylation sites is 1. The highest BCUT2D eigenvalue weighted by Gasteiger charge is 2.31. The maximum atomic E-state index is 13.4. The summed E-state index contributed by atoms with van der Waals surface area (Å²) in [6.45, 7) is 12.7. The summed E-state index contributed by atoms with van der Waals surface area (Å²) < 4.78 is 1.73. The number of hydrogen-bond acceptors (Lipinski definition) is 5. The summed E-state index contributed by atoms with van der Waals surface area (Å²) in [6, 6.07) is 16.2. The van der Waals surface area contributed by atoms with Crippen LogP contribution in [0.25, 0.3) is 5.69 Å². The largest absolute Gasteiger partial charge is 0.333 e. The lowest BCUT2D eigenvalue weighted by Gasteiger charge is -2.37. The standard InChI is InChI=1S/C23H29N5OS/c1-16-11-10-12-17(2)20(16)28-22(24-25-26-28)30-18(3)21(29)27(23(4,5)6)15-19-13-8-7-9-14-19/h7-14,18H,15H2,1-6H3/t18-/m1/s1. The van der Waals surface area contributed by atoms with E-state index in [0.717, 1.165) is 22.4 Å². The van der Waals surface area contributed by atoms with Crippen molar-refractivity contribution in [3.8, 4) is 5.69 Å². The summed E-state index contributed by atoms with van der Waals surface area (Å²) in [6.07, 6.45) is 0. The maximum absolute atomic E-state index is 13.4. The van der Waals surface area contributed by atoms with Crippen LogP contribution in [-0.4, -0.2) is 41.8 Å². The number of rotatable bonds is 6. The Labute approximate surface area is 182 Å². The van der Waals surface area contributed by atoms with E-state index >= 15 is 0 Å². The van der Waals surface area contributed by atoms with Gasteiger partial charge in [-0.2, -0.15) is 4.68 Å². The lowest BCUT2D eigenvalue weighted by molar-refractivity contribution is -0.135. The molecule has 158 valence electrons. The van der Waals surface area contributed by atoms with Gasteiger partial charge in [-0.3, -0.25) is 4.79 Å². The van der Waals surface area contributed by atoms with Crippen molar-refractivity contribution >= 4 is 17.7 Å². The molecule has 1 atom stereocenters. The zero-order chi connectivity index (χ0) is 21.9. The monoisotopic (exact) mass is 423 g/mol. The van der Waals surface area contributed by atoms with Crippen molar-refractivity contribution in [1.82, 2.24) is 25.1 Å². The molecule has 1 amide bonds. The average molecular weight is 424 g/mol. The summed E-state index contributed by atoms with van der Waals surface area (Å²) in [5, 5.41) is 12.5. The number of carbonyl (C=O) groups excluding carboxylic acids is 1. The first-order chi connectivity index (χ1) is 14.2. The molecule has 0 radical (unpaired) electrons. The number of hydrogen-bond donors (Lipinski definition) is 0. The van der Waals surface area contributed by atoms with Gasteiger partial charge in [0.25, 0.3) is 0 Å². The quantitative estimate of drug-likeness (QED) is 0.543. The van der Waals surface area contributed by atoms with Gasteiger partial charge in [0.15, 0.2) is 0 Å². The topological polar surface area (TPSA) is 63.9 Å². The Morgan fingerprint density at radius 3 is 2.30 bits per heavy atom. The van der Waals surface area contributed by atoms with Gasteiger partial charge < -0.3 is 4.90 Å². The number of tetrazole rings is 1. The van der Waals surface area contributed by atoms with Gasteiger partial charge in [0.2, 0.25) is 11.1 Å². The van der Waals surface area contributed by atoms with Crippen LogP contribution in [-0.2, 0) is 11.3 Å². The predicted molar refractivity (Wildman–Crippen MR) is 121 cm³/mol. The highest BCUT2D eigenvalue weighted by atomic mass is 32.2. The molecule has 1 heterocycles. The van der Waals surface area contributed by atoms with Crippen LogP contribution < -0.4 is 0 Å². The average Bonchev–Trinajstić information content (AvgIpc) is 3.13. The van der Waals surface area contributed by atoms with Crippen LogP contribution in [0.15, 0.2) is 53.7 Å². The molecule has 0 aliphatic heterocycles. The molecule has 6 nitrogen and oxygen atoms in total. The Bertz CT molecular complexity index is 990. The Morgan fingerprint density at radius 2 is 1.70 bits per heavy atom. The molecule has 30 heavy (non-hydrogen) atoms. The second-order valence-corrected chi connectivity index (χ2v) is 9.76.